The summed E-state index contributed by atoms with van der Waals surface area (Å²) in [4.78, 5) is 19.2. The van der Waals surface area contributed by atoms with Crippen molar-refractivity contribution in [3.8, 4) is 0 Å². The lowest BCUT2D eigenvalue weighted by atomic mass is 9.90. The maximum absolute atomic E-state index is 11.8. The van der Waals surface area contributed by atoms with Gasteiger partial charge in [-0.1, -0.05) is 0 Å². The molecule has 2 aromatic rings. The molecule has 6 heteroatoms. The Morgan fingerprint density at radius 1 is 1.56 bits per heavy atom. The first kappa shape index (κ1) is 11.0. The monoisotopic (exact) mass is 245 g/mol. The predicted molar refractivity (Wildman–Crippen MR) is 66.3 cm³/mol. The van der Waals surface area contributed by atoms with Gasteiger partial charge in [-0.15, -0.1) is 0 Å². The molecule has 0 saturated carbocycles. The highest BCUT2D eigenvalue weighted by Gasteiger charge is 2.31. The molecule has 0 spiro atoms. The maximum atomic E-state index is 11.8. The molecule has 1 amide bonds. The molecule has 3 rings (SSSR count). The van der Waals surface area contributed by atoms with Crippen LogP contribution < -0.4 is 5.32 Å². The van der Waals surface area contributed by atoms with Gasteiger partial charge in [0.25, 0.3) is 0 Å². The van der Waals surface area contributed by atoms with Gasteiger partial charge in [0.05, 0.1) is 18.2 Å². The maximum Gasteiger partial charge on any atom is 0.226 e. The van der Waals surface area contributed by atoms with Gasteiger partial charge < -0.3 is 10.3 Å². The fourth-order valence-electron chi connectivity index (χ4n) is 2.47. The smallest absolute Gasteiger partial charge is 0.226 e. The van der Waals surface area contributed by atoms with E-state index in [1.54, 1.807) is 11.0 Å². The summed E-state index contributed by atoms with van der Waals surface area (Å²) in [6.07, 6.45) is 3.92. The number of rotatable bonds is 2. The first-order valence-electron chi connectivity index (χ1n) is 6.06. The number of carbonyl (C=O) groups excluding carboxylic acids is 1. The summed E-state index contributed by atoms with van der Waals surface area (Å²) in [7, 11) is 0. The van der Waals surface area contributed by atoms with Crippen LogP contribution in [-0.4, -0.2) is 25.7 Å². The molecule has 0 radical (unpaired) electrons. The van der Waals surface area contributed by atoms with E-state index in [0.717, 1.165) is 29.3 Å². The van der Waals surface area contributed by atoms with E-state index in [-0.39, 0.29) is 11.8 Å². The Hall–Kier alpha value is -2.11. The number of fused-ring (bicyclic) bond motifs is 1. The van der Waals surface area contributed by atoms with E-state index in [2.05, 4.69) is 20.4 Å². The van der Waals surface area contributed by atoms with Gasteiger partial charge >= 0.3 is 0 Å². The van der Waals surface area contributed by atoms with Crippen LogP contribution in [0.15, 0.2) is 12.5 Å². The fraction of sp³-hybridized carbons (Fsp3) is 0.417. The third-order valence-electron chi connectivity index (χ3n) is 3.39. The lowest BCUT2D eigenvalue weighted by Gasteiger charge is -2.22. The van der Waals surface area contributed by atoms with E-state index in [4.69, 9.17) is 0 Å². The summed E-state index contributed by atoms with van der Waals surface area (Å²) >= 11 is 0. The summed E-state index contributed by atoms with van der Waals surface area (Å²) in [5, 5.41) is 7.20. The van der Waals surface area contributed by atoms with E-state index in [9.17, 15) is 4.79 Å². The Morgan fingerprint density at radius 3 is 3.06 bits per heavy atom. The molecular weight excluding hydrogens is 230 g/mol. The topological polar surface area (TPSA) is 75.6 Å². The molecule has 2 N–H and O–H groups in total. The molecule has 1 aliphatic rings. The molecule has 0 aromatic carbocycles. The van der Waals surface area contributed by atoms with Crippen LogP contribution in [-0.2, 0) is 11.3 Å². The number of imidazole rings is 1. The van der Waals surface area contributed by atoms with Crippen LogP contribution in [0.25, 0.3) is 0 Å². The van der Waals surface area contributed by atoms with Crippen molar-refractivity contribution < 1.29 is 4.79 Å². The number of nitrogens with one attached hydrogen (secondary N) is 2. The van der Waals surface area contributed by atoms with Gasteiger partial charge in [-0.05, 0) is 13.8 Å². The quantitative estimate of drug-likeness (QED) is 0.840. The zero-order valence-electron chi connectivity index (χ0n) is 10.4. The lowest BCUT2D eigenvalue weighted by molar-refractivity contribution is -0.116. The van der Waals surface area contributed by atoms with Crippen molar-refractivity contribution in [1.29, 1.82) is 0 Å². The van der Waals surface area contributed by atoms with Crippen LogP contribution in [0.1, 0.15) is 36.2 Å². The molecule has 6 nitrogen and oxygen atoms in total. The summed E-state index contributed by atoms with van der Waals surface area (Å²) in [6, 6.07) is 0. The predicted octanol–water partition coefficient (Wildman–Crippen LogP) is 1.41. The molecule has 3 heterocycles. The Kier molecular flexibility index (Phi) is 2.43. The normalized spacial score (nSPS) is 18.6. The molecule has 0 unspecified atom stereocenters. The standard InChI is InChI=1S/C12H15N5O/c1-3-17-12-9(5-15-17)8(4-10(18)16-12)11-7(2)13-6-14-11/h5-6,8H,3-4H2,1-2H3,(H,13,14)(H,16,18)/t8-/m0/s1. The Bertz CT molecular complexity index is 597. The van der Waals surface area contributed by atoms with Gasteiger partial charge in [0, 0.05) is 30.1 Å². The number of anilines is 1. The van der Waals surface area contributed by atoms with E-state index in [1.165, 1.54) is 0 Å². The van der Waals surface area contributed by atoms with Crippen LogP contribution in [0.3, 0.4) is 0 Å². The number of aromatic nitrogens is 4. The van der Waals surface area contributed by atoms with Crippen molar-refractivity contribution >= 4 is 11.7 Å². The second-order valence-electron chi connectivity index (χ2n) is 4.48. The van der Waals surface area contributed by atoms with Crippen molar-refractivity contribution in [1.82, 2.24) is 19.7 Å². The van der Waals surface area contributed by atoms with Crippen LogP contribution in [0.4, 0.5) is 5.82 Å². The molecule has 0 fully saturated rings. The van der Waals surface area contributed by atoms with Crippen molar-refractivity contribution in [2.24, 2.45) is 0 Å². The highest BCUT2D eigenvalue weighted by molar-refractivity contribution is 5.94. The minimum Gasteiger partial charge on any atom is -0.348 e. The number of nitrogens with zero attached hydrogens (tertiary/aromatic N) is 3. The van der Waals surface area contributed by atoms with Crippen molar-refractivity contribution in [3.63, 3.8) is 0 Å². The third-order valence-corrected chi connectivity index (χ3v) is 3.39. The number of hydrogen-bond acceptors (Lipinski definition) is 3. The average molecular weight is 245 g/mol. The minimum atomic E-state index is 0.000278. The van der Waals surface area contributed by atoms with Gasteiger partial charge in [-0.2, -0.15) is 5.10 Å². The van der Waals surface area contributed by atoms with Crippen LogP contribution in [0, 0.1) is 6.92 Å². The van der Waals surface area contributed by atoms with Gasteiger partial charge in [0.1, 0.15) is 5.82 Å². The second kappa shape index (κ2) is 3.97. The number of aromatic amines is 1. The molecule has 2 aromatic heterocycles. The summed E-state index contributed by atoms with van der Waals surface area (Å²) in [5.74, 6) is 0.826. The molecule has 0 bridgehead atoms. The first-order valence-corrected chi connectivity index (χ1v) is 6.06. The zero-order valence-corrected chi connectivity index (χ0v) is 10.4. The van der Waals surface area contributed by atoms with Crippen molar-refractivity contribution in [2.45, 2.75) is 32.7 Å². The third kappa shape index (κ3) is 1.53. The van der Waals surface area contributed by atoms with Gasteiger partial charge in [0.15, 0.2) is 0 Å². The van der Waals surface area contributed by atoms with Crippen LogP contribution in [0.5, 0.6) is 0 Å². The molecule has 1 atom stereocenters. The summed E-state index contributed by atoms with van der Waals surface area (Å²) < 4.78 is 1.81. The second-order valence-corrected chi connectivity index (χ2v) is 4.48. The molecule has 0 aliphatic carbocycles. The molecule has 0 saturated heterocycles. The summed E-state index contributed by atoms with van der Waals surface area (Å²) in [5.41, 5.74) is 2.98. The molecule has 18 heavy (non-hydrogen) atoms. The zero-order chi connectivity index (χ0) is 12.7. The fourth-order valence-corrected chi connectivity index (χ4v) is 2.47. The number of amides is 1. The Labute approximate surface area is 104 Å². The largest absolute Gasteiger partial charge is 0.348 e. The number of aryl methyl sites for hydroxylation is 2. The number of hydrogen-bond donors (Lipinski definition) is 2. The Balaban J connectivity index is 2.11. The average Bonchev–Trinajstić information content (AvgIpc) is 2.94. The summed E-state index contributed by atoms with van der Waals surface area (Å²) in [6.45, 7) is 4.71. The Morgan fingerprint density at radius 2 is 2.39 bits per heavy atom. The van der Waals surface area contributed by atoms with Crippen LogP contribution in [0.2, 0.25) is 0 Å². The van der Waals surface area contributed by atoms with Gasteiger partial charge in [-0.25, -0.2) is 9.67 Å². The van der Waals surface area contributed by atoms with Crippen LogP contribution >= 0.6 is 0 Å². The van der Waals surface area contributed by atoms with E-state index >= 15 is 0 Å². The first-order chi connectivity index (χ1) is 8.70. The molecular formula is C12H15N5O. The van der Waals surface area contributed by atoms with E-state index in [0.29, 0.717) is 6.42 Å². The minimum absolute atomic E-state index is 0.000278. The molecule has 94 valence electrons. The highest BCUT2D eigenvalue weighted by atomic mass is 16.1. The SMILES string of the molecule is CCn1ncc2c1NC(=O)C[C@@H]2c1nc[nH]c1C. The highest BCUT2D eigenvalue weighted by Crippen LogP contribution is 2.36. The van der Waals surface area contributed by atoms with E-state index < -0.39 is 0 Å². The van der Waals surface area contributed by atoms with Gasteiger partial charge in [0.2, 0.25) is 5.91 Å². The van der Waals surface area contributed by atoms with Gasteiger partial charge in [-0.3, -0.25) is 4.79 Å². The van der Waals surface area contributed by atoms with Crippen molar-refractivity contribution in [2.75, 3.05) is 5.32 Å². The number of carbonyl (C=O) groups is 1. The number of H-pyrrole nitrogens is 1. The molecule has 1 aliphatic heterocycles. The lowest BCUT2D eigenvalue weighted by Crippen LogP contribution is -2.25. The van der Waals surface area contributed by atoms with Crippen molar-refractivity contribution in [3.05, 3.63) is 29.5 Å². The van der Waals surface area contributed by atoms with E-state index in [1.807, 2.05) is 20.0 Å².